The second-order valence-electron chi connectivity index (χ2n) is 9.51. The zero-order chi connectivity index (χ0) is 25.4. The first kappa shape index (κ1) is 25.1. The van der Waals surface area contributed by atoms with E-state index in [2.05, 4.69) is 5.32 Å². The molecule has 1 aliphatic heterocycles. The fourth-order valence-electron chi connectivity index (χ4n) is 5.24. The Kier molecular flexibility index (Phi) is 7.26. The van der Waals surface area contributed by atoms with E-state index in [4.69, 9.17) is 27.9 Å². The maximum Gasteiger partial charge on any atom is 0.247 e. The van der Waals surface area contributed by atoms with E-state index in [1.165, 1.54) is 0 Å². The lowest BCUT2D eigenvalue weighted by Crippen LogP contribution is -2.56. The first-order valence-electron chi connectivity index (χ1n) is 12.2. The van der Waals surface area contributed by atoms with Gasteiger partial charge in [-0.15, -0.1) is 0 Å². The lowest BCUT2D eigenvalue weighted by molar-refractivity contribution is -0.144. The molecule has 36 heavy (non-hydrogen) atoms. The van der Waals surface area contributed by atoms with Gasteiger partial charge in [0.05, 0.1) is 18.6 Å². The maximum absolute atomic E-state index is 13.7. The monoisotopic (exact) mass is 530 g/mol. The molecule has 9 heteroatoms. The van der Waals surface area contributed by atoms with Crippen molar-refractivity contribution in [1.29, 1.82) is 0 Å². The molecule has 4 atom stereocenters. The van der Waals surface area contributed by atoms with Crippen LogP contribution in [-0.2, 0) is 16.1 Å². The summed E-state index contributed by atoms with van der Waals surface area (Å²) in [6.07, 6.45) is 2.41. The van der Waals surface area contributed by atoms with Gasteiger partial charge >= 0.3 is 0 Å². The topological polar surface area (TPSA) is 99.1 Å². The lowest BCUT2D eigenvalue weighted by atomic mass is 9.76. The van der Waals surface area contributed by atoms with Gasteiger partial charge in [-0.1, -0.05) is 53.9 Å². The molecule has 0 radical (unpaired) electrons. The number of hydrogen-bond acceptors (Lipinski definition) is 5. The first-order valence-corrected chi connectivity index (χ1v) is 12.9. The van der Waals surface area contributed by atoms with Gasteiger partial charge in [-0.2, -0.15) is 0 Å². The van der Waals surface area contributed by atoms with E-state index in [1.807, 2.05) is 24.3 Å². The van der Waals surface area contributed by atoms with E-state index >= 15 is 0 Å². The molecule has 190 valence electrons. The number of nitrogens with one attached hydrogen (secondary N) is 1. The molecular weight excluding hydrogens is 503 g/mol. The summed E-state index contributed by atoms with van der Waals surface area (Å²) in [6, 6.07) is 11.7. The third-order valence-corrected chi connectivity index (χ3v) is 7.92. The number of amides is 2. The first-order chi connectivity index (χ1) is 17.4. The normalized spacial score (nSPS) is 24.6. The summed E-state index contributed by atoms with van der Waals surface area (Å²) in [5.74, 6) is -0.479. The number of para-hydroxylation sites is 1. The smallest absolute Gasteiger partial charge is 0.247 e. The van der Waals surface area contributed by atoms with Gasteiger partial charge in [0.1, 0.15) is 18.0 Å². The van der Waals surface area contributed by atoms with Crippen molar-refractivity contribution >= 4 is 35.0 Å². The highest BCUT2D eigenvalue weighted by Gasteiger charge is 2.51. The number of nitrogens with zero attached hydrogens (tertiary/aromatic N) is 1. The summed E-state index contributed by atoms with van der Waals surface area (Å²) in [7, 11) is 0. The second kappa shape index (κ2) is 10.4. The van der Waals surface area contributed by atoms with Gasteiger partial charge in [-0.3, -0.25) is 9.59 Å². The van der Waals surface area contributed by atoms with Crippen molar-refractivity contribution in [2.45, 2.75) is 50.0 Å². The number of hydrogen-bond donors (Lipinski definition) is 3. The standard InChI is InChI=1S/C27H28Cl2N2O5/c28-17-9-8-16(20(29)12-17)14-31(27(35)15-4-3-5-15)21-13-19(26(34)30-10-11-32)23-18-6-1-2-7-22(18)36-25(23)24(21)33/h1-2,6-9,12-13,15,21,23-25,32-33H,3-5,10-11,14H2,(H,30,34). The summed E-state index contributed by atoms with van der Waals surface area (Å²) < 4.78 is 6.16. The Morgan fingerprint density at radius 2 is 1.92 bits per heavy atom. The Labute approximate surface area is 219 Å². The predicted molar refractivity (Wildman–Crippen MR) is 136 cm³/mol. The van der Waals surface area contributed by atoms with Crippen LogP contribution in [0, 0.1) is 5.92 Å². The van der Waals surface area contributed by atoms with Gasteiger partial charge in [0.15, 0.2) is 0 Å². The number of ether oxygens (including phenoxy) is 1. The average Bonchev–Trinajstić information content (AvgIpc) is 3.22. The van der Waals surface area contributed by atoms with Crippen molar-refractivity contribution in [3.05, 3.63) is 75.3 Å². The van der Waals surface area contributed by atoms with Crippen LogP contribution >= 0.6 is 23.2 Å². The van der Waals surface area contributed by atoms with E-state index in [0.29, 0.717) is 26.9 Å². The Morgan fingerprint density at radius 3 is 2.61 bits per heavy atom. The molecule has 1 heterocycles. The fraction of sp³-hybridized carbons (Fsp3) is 0.407. The summed E-state index contributed by atoms with van der Waals surface area (Å²) in [5, 5.41) is 24.5. The number of carbonyl (C=O) groups is 2. The quantitative estimate of drug-likeness (QED) is 0.509. The summed E-state index contributed by atoms with van der Waals surface area (Å²) in [5.41, 5.74) is 1.91. The van der Waals surface area contributed by atoms with Gasteiger partial charge in [-0.05, 0) is 42.7 Å². The lowest BCUT2D eigenvalue weighted by Gasteiger charge is -2.43. The van der Waals surface area contributed by atoms with E-state index < -0.39 is 24.2 Å². The minimum Gasteiger partial charge on any atom is -0.486 e. The van der Waals surface area contributed by atoms with Crippen molar-refractivity contribution in [3.8, 4) is 5.75 Å². The Balaban J connectivity index is 1.56. The molecule has 2 aromatic rings. The minimum atomic E-state index is -1.08. The van der Waals surface area contributed by atoms with Crippen LogP contribution in [0.25, 0.3) is 0 Å². The number of carbonyl (C=O) groups excluding carboxylic acids is 2. The van der Waals surface area contributed by atoms with Gasteiger partial charge in [0.25, 0.3) is 0 Å². The highest BCUT2D eigenvalue weighted by molar-refractivity contribution is 6.35. The van der Waals surface area contributed by atoms with E-state index in [0.717, 1.165) is 24.8 Å². The summed E-state index contributed by atoms with van der Waals surface area (Å²) in [4.78, 5) is 28.5. The maximum atomic E-state index is 13.7. The van der Waals surface area contributed by atoms with Crippen LogP contribution in [0.5, 0.6) is 5.75 Å². The van der Waals surface area contributed by atoms with Crippen molar-refractivity contribution in [3.63, 3.8) is 0 Å². The third kappa shape index (κ3) is 4.61. The molecule has 0 saturated heterocycles. The molecule has 0 spiro atoms. The minimum absolute atomic E-state index is 0.0864. The number of aliphatic hydroxyl groups is 2. The van der Waals surface area contributed by atoms with Crippen LogP contribution < -0.4 is 10.1 Å². The molecule has 4 unspecified atom stereocenters. The van der Waals surface area contributed by atoms with Gasteiger partial charge < -0.3 is 25.2 Å². The molecule has 1 fully saturated rings. The van der Waals surface area contributed by atoms with Crippen LogP contribution in [0.2, 0.25) is 10.0 Å². The molecule has 0 aromatic heterocycles. The van der Waals surface area contributed by atoms with Gasteiger partial charge in [0, 0.05) is 40.2 Å². The van der Waals surface area contributed by atoms with Crippen molar-refractivity contribution in [1.82, 2.24) is 10.2 Å². The third-order valence-electron chi connectivity index (χ3n) is 7.33. The zero-order valence-corrected chi connectivity index (χ0v) is 21.1. The SMILES string of the molecule is O=C(NCCO)C1=CC(N(Cc2ccc(Cl)cc2Cl)C(=O)C2CCC2)C(O)C2Oc3ccccc3C12. The van der Waals surface area contributed by atoms with Gasteiger partial charge in [-0.25, -0.2) is 0 Å². The summed E-state index contributed by atoms with van der Waals surface area (Å²) in [6.45, 7) is 0.0431. The van der Waals surface area contributed by atoms with Crippen LogP contribution in [0.1, 0.15) is 36.3 Å². The van der Waals surface area contributed by atoms with Crippen LogP contribution in [0.15, 0.2) is 54.1 Å². The molecule has 2 aliphatic carbocycles. The largest absolute Gasteiger partial charge is 0.486 e. The van der Waals surface area contributed by atoms with Crippen LogP contribution in [0.3, 0.4) is 0 Å². The number of halogens is 2. The van der Waals surface area contributed by atoms with Gasteiger partial charge in [0.2, 0.25) is 11.8 Å². The second-order valence-corrected chi connectivity index (χ2v) is 10.4. The highest BCUT2D eigenvalue weighted by atomic mass is 35.5. The molecule has 5 rings (SSSR count). The Morgan fingerprint density at radius 1 is 1.14 bits per heavy atom. The molecule has 2 amide bonds. The molecule has 7 nitrogen and oxygen atoms in total. The molecule has 1 saturated carbocycles. The van der Waals surface area contributed by atoms with E-state index in [1.54, 1.807) is 29.2 Å². The number of benzene rings is 2. The predicted octanol–water partition coefficient (Wildman–Crippen LogP) is 3.44. The number of aliphatic hydroxyl groups excluding tert-OH is 2. The Hall–Kier alpha value is -2.58. The van der Waals surface area contributed by atoms with E-state index in [9.17, 15) is 19.8 Å². The van der Waals surface area contributed by atoms with Crippen molar-refractivity contribution in [2.75, 3.05) is 13.2 Å². The molecular formula is C27H28Cl2N2O5. The van der Waals surface area contributed by atoms with Crippen molar-refractivity contribution in [2.24, 2.45) is 5.92 Å². The van der Waals surface area contributed by atoms with E-state index in [-0.39, 0.29) is 37.4 Å². The molecule has 2 aromatic carbocycles. The van der Waals surface area contributed by atoms with Crippen LogP contribution in [-0.4, -0.2) is 58.3 Å². The molecule has 3 N–H and O–H groups in total. The average molecular weight is 531 g/mol. The zero-order valence-electron chi connectivity index (χ0n) is 19.6. The number of rotatable bonds is 7. The molecule has 0 bridgehead atoms. The number of fused-ring (bicyclic) bond motifs is 3. The molecule has 3 aliphatic rings. The summed E-state index contributed by atoms with van der Waals surface area (Å²) >= 11 is 12.5. The highest BCUT2D eigenvalue weighted by Crippen LogP contribution is 2.47. The fourth-order valence-corrected chi connectivity index (χ4v) is 5.71. The Bertz CT molecular complexity index is 1200. The van der Waals surface area contributed by atoms with Crippen molar-refractivity contribution < 1.29 is 24.5 Å². The van der Waals surface area contributed by atoms with Crippen LogP contribution in [0.4, 0.5) is 0 Å².